The van der Waals surface area contributed by atoms with E-state index in [1.807, 2.05) is 6.92 Å². The zero-order valence-electron chi connectivity index (χ0n) is 12.0. The molecular weight excluding hydrogens is 276 g/mol. The molecule has 5 nitrogen and oxygen atoms in total. The molecule has 1 aromatic heterocycles. The fourth-order valence-electron chi connectivity index (χ4n) is 2.47. The molecule has 0 radical (unpaired) electrons. The molecule has 6 heteroatoms. The van der Waals surface area contributed by atoms with E-state index in [4.69, 9.17) is 5.11 Å². The van der Waals surface area contributed by atoms with Crippen molar-refractivity contribution in [2.24, 2.45) is 11.8 Å². The van der Waals surface area contributed by atoms with Gasteiger partial charge in [0.2, 0.25) is 0 Å². The number of hydrogen-bond donors (Lipinski definition) is 2. The summed E-state index contributed by atoms with van der Waals surface area (Å²) in [6.45, 7) is 7.29. The summed E-state index contributed by atoms with van der Waals surface area (Å²) in [6, 6.07) is 1.90. The molecule has 0 aliphatic carbocycles. The number of nitrogens with one attached hydrogen (secondary N) is 1. The summed E-state index contributed by atoms with van der Waals surface area (Å²) in [5, 5.41) is 11.9. The third-order valence-electron chi connectivity index (χ3n) is 3.85. The molecule has 2 rings (SSSR count). The van der Waals surface area contributed by atoms with E-state index in [0.29, 0.717) is 19.6 Å². The van der Waals surface area contributed by atoms with E-state index in [0.717, 1.165) is 4.88 Å². The van der Waals surface area contributed by atoms with Gasteiger partial charge in [-0.05, 0) is 31.4 Å². The monoisotopic (exact) mass is 296 g/mol. The average molecular weight is 296 g/mol. The second-order valence-corrected chi connectivity index (χ2v) is 6.78. The number of nitrogens with zero attached hydrogens (tertiary/aromatic N) is 1. The third-order valence-corrected chi connectivity index (χ3v) is 5.00. The van der Waals surface area contributed by atoms with Crippen LogP contribution < -0.4 is 5.32 Å². The van der Waals surface area contributed by atoms with Crippen molar-refractivity contribution >= 4 is 23.3 Å². The number of urea groups is 1. The second kappa shape index (κ2) is 5.83. The summed E-state index contributed by atoms with van der Waals surface area (Å²) in [5.74, 6) is -1.27. The van der Waals surface area contributed by atoms with Crippen LogP contribution in [-0.4, -0.2) is 35.1 Å². The minimum atomic E-state index is -0.822. The van der Waals surface area contributed by atoms with Crippen molar-refractivity contribution in [1.29, 1.82) is 0 Å². The van der Waals surface area contributed by atoms with Crippen LogP contribution >= 0.6 is 11.3 Å². The smallest absolute Gasteiger partial charge is 0.317 e. The maximum Gasteiger partial charge on any atom is 0.317 e. The van der Waals surface area contributed by atoms with Crippen LogP contribution in [0.3, 0.4) is 0 Å². The summed E-state index contributed by atoms with van der Waals surface area (Å²) in [7, 11) is 0. The van der Waals surface area contributed by atoms with Gasteiger partial charge >= 0.3 is 12.0 Å². The van der Waals surface area contributed by atoms with Crippen LogP contribution in [0, 0.1) is 25.7 Å². The zero-order valence-corrected chi connectivity index (χ0v) is 12.8. The Hall–Kier alpha value is -1.56. The Kier molecular flexibility index (Phi) is 4.32. The van der Waals surface area contributed by atoms with Crippen molar-refractivity contribution in [3.63, 3.8) is 0 Å². The van der Waals surface area contributed by atoms with E-state index < -0.39 is 11.9 Å². The fourth-order valence-corrected chi connectivity index (χ4v) is 3.46. The Labute approximate surface area is 122 Å². The number of carboxylic acids is 1. The number of amides is 2. The van der Waals surface area contributed by atoms with E-state index in [9.17, 15) is 9.59 Å². The lowest BCUT2D eigenvalue weighted by Gasteiger charge is -2.16. The summed E-state index contributed by atoms with van der Waals surface area (Å²) >= 11 is 1.68. The molecule has 110 valence electrons. The van der Waals surface area contributed by atoms with Crippen LogP contribution in [0.4, 0.5) is 4.79 Å². The number of rotatable bonds is 3. The van der Waals surface area contributed by atoms with Gasteiger partial charge in [0.25, 0.3) is 0 Å². The van der Waals surface area contributed by atoms with Crippen molar-refractivity contribution in [3.05, 3.63) is 21.4 Å². The molecule has 2 N–H and O–H groups in total. The zero-order chi connectivity index (χ0) is 14.9. The van der Waals surface area contributed by atoms with Crippen LogP contribution in [-0.2, 0) is 11.3 Å². The van der Waals surface area contributed by atoms with E-state index in [2.05, 4.69) is 25.2 Å². The predicted octanol–water partition coefficient (Wildman–Crippen LogP) is 2.23. The number of thiophene rings is 1. The van der Waals surface area contributed by atoms with Crippen molar-refractivity contribution in [2.45, 2.75) is 27.3 Å². The maximum absolute atomic E-state index is 12.1. The second-order valence-electron chi connectivity index (χ2n) is 5.44. The Morgan fingerprint density at radius 1 is 1.45 bits per heavy atom. The Morgan fingerprint density at radius 2 is 2.15 bits per heavy atom. The van der Waals surface area contributed by atoms with Gasteiger partial charge in [-0.3, -0.25) is 4.79 Å². The third kappa shape index (κ3) is 3.12. The lowest BCUT2D eigenvalue weighted by atomic mass is 9.99. The normalized spacial score (nSPS) is 22.1. The number of hydrogen-bond acceptors (Lipinski definition) is 3. The molecule has 1 saturated heterocycles. The molecule has 1 aromatic rings. The van der Waals surface area contributed by atoms with Crippen LogP contribution in [0.2, 0.25) is 0 Å². The molecule has 20 heavy (non-hydrogen) atoms. The highest BCUT2D eigenvalue weighted by molar-refractivity contribution is 7.12. The Bertz CT molecular complexity index is 507. The summed E-state index contributed by atoms with van der Waals surface area (Å²) in [5.41, 5.74) is 1.24. The number of carbonyl (C=O) groups excluding carboxylic acids is 1. The molecule has 2 amide bonds. The molecule has 0 saturated carbocycles. The number of aryl methyl sites for hydroxylation is 2. The molecular formula is C14H20N2O3S. The summed E-state index contributed by atoms with van der Waals surface area (Å²) < 4.78 is 0. The van der Waals surface area contributed by atoms with Crippen LogP contribution in [0.25, 0.3) is 0 Å². The Balaban J connectivity index is 1.88. The summed E-state index contributed by atoms with van der Waals surface area (Å²) in [4.78, 5) is 27.1. The van der Waals surface area contributed by atoms with Crippen molar-refractivity contribution in [1.82, 2.24) is 10.2 Å². The predicted molar refractivity (Wildman–Crippen MR) is 77.9 cm³/mol. The van der Waals surface area contributed by atoms with E-state index in [-0.39, 0.29) is 11.9 Å². The number of aliphatic carboxylic acids is 1. The van der Waals surface area contributed by atoms with E-state index in [1.165, 1.54) is 10.4 Å². The highest BCUT2D eigenvalue weighted by Crippen LogP contribution is 2.24. The van der Waals surface area contributed by atoms with Gasteiger partial charge < -0.3 is 15.3 Å². The van der Waals surface area contributed by atoms with Gasteiger partial charge in [-0.25, -0.2) is 4.79 Å². The van der Waals surface area contributed by atoms with Gasteiger partial charge in [0, 0.05) is 22.8 Å². The first-order chi connectivity index (χ1) is 9.38. The lowest BCUT2D eigenvalue weighted by Crippen LogP contribution is -2.38. The van der Waals surface area contributed by atoms with Crippen molar-refractivity contribution in [3.8, 4) is 0 Å². The first-order valence-electron chi connectivity index (χ1n) is 6.70. The average Bonchev–Trinajstić information content (AvgIpc) is 2.91. The van der Waals surface area contributed by atoms with Gasteiger partial charge in [0.1, 0.15) is 0 Å². The van der Waals surface area contributed by atoms with Crippen LogP contribution in [0.15, 0.2) is 6.07 Å². The fraction of sp³-hybridized carbons (Fsp3) is 0.571. The lowest BCUT2D eigenvalue weighted by molar-refractivity contribution is -0.142. The molecule has 1 aliphatic rings. The SMILES string of the molecule is Cc1cc(CNC(=O)N2C[C@@H](C)[C@H](C(=O)O)C2)sc1C. The molecule has 2 heterocycles. The van der Waals surface area contributed by atoms with E-state index >= 15 is 0 Å². The minimum Gasteiger partial charge on any atom is -0.481 e. The molecule has 1 fully saturated rings. The minimum absolute atomic E-state index is 0.00415. The number of carbonyl (C=O) groups is 2. The van der Waals surface area contributed by atoms with Gasteiger partial charge in [-0.15, -0.1) is 11.3 Å². The molecule has 0 bridgehead atoms. The highest BCUT2D eigenvalue weighted by Gasteiger charge is 2.36. The van der Waals surface area contributed by atoms with Crippen molar-refractivity contribution < 1.29 is 14.7 Å². The van der Waals surface area contributed by atoms with Crippen molar-refractivity contribution in [2.75, 3.05) is 13.1 Å². The first-order valence-corrected chi connectivity index (χ1v) is 7.51. The molecule has 0 aromatic carbocycles. The Morgan fingerprint density at radius 3 is 2.65 bits per heavy atom. The van der Waals surface area contributed by atoms with Crippen LogP contribution in [0.5, 0.6) is 0 Å². The van der Waals surface area contributed by atoms with Gasteiger partial charge in [-0.1, -0.05) is 6.92 Å². The quantitative estimate of drug-likeness (QED) is 0.898. The van der Waals surface area contributed by atoms with Gasteiger partial charge in [0.15, 0.2) is 0 Å². The molecule has 0 spiro atoms. The van der Waals surface area contributed by atoms with Gasteiger partial charge in [0.05, 0.1) is 12.5 Å². The van der Waals surface area contributed by atoms with E-state index in [1.54, 1.807) is 16.2 Å². The number of likely N-dealkylation sites (tertiary alicyclic amines) is 1. The molecule has 2 atom stereocenters. The highest BCUT2D eigenvalue weighted by atomic mass is 32.1. The van der Waals surface area contributed by atoms with Crippen LogP contribution in [0.1, 0.15) is 22.2 Å². The maximum atomic E-state index is 12.1. The molecule has 0 unspecified atom stereocenters. The summed E-state index contributed by atoms with van der Waals surface area (Å²) in [6.07, 6.45) is 0. The largest absolute Gasteiger partial charge is 0.481 e. The topological polar surface area (TPSA) is 69.6 Å². The first kappa shape index (κ1) is 14.8. The van der Waals surface area contributed by atoms with Gasteiger partial charge in [-0.2, -0.15) is 0 Å². The molecule has 1 aliphatic heterocycles. The number of carboxylic acid groups (broad SMARTS) is 1. The standard InChI is InChI=1S/C14H20N2O3S/c1-8-4-11(20-10(8)3)5-15-14(19)16-6-9(2)12(7-16)13(17)18/h4,9,12H,5-7H2,1-3H3,(H,15,19)(H,17,18)/t9-,12-/m1/s1.